The van der Waals surface area contributed by atoms with E-state index in [9.17, 15) is 9.90 Å². The standard InChI is InChI=1S/C15H23N3O2/c1-15(2,3)12-9-6-5-7-18(14(19)20)11(9)8-10(17-4)13(12)16/h8,17H,5-7,16H2,1-4H3,(H,19,20). The number of hydrogen-bond donors (Lipinski definition) is 3. The molecule has 1 aromatic rings. The lowest BCUT2D eigenvalue weighted by Gasteiger charge is -2.34. The van der Waals surface area contributed by atoms with E-state index in [0.717, 1.165) is 41.0 Å². The van der Waals surface area contributed by atoms with Crippen molar-refractivity contribution in [3.63, 3.8) is 0 Å². The summed E-state index contributed by atoms with van der Waals surface area (Å²) in [6, 6.07) is 1.85. The van der Waals surface area contributed by atoms with Crippen LogP contribution in [0.15, 0.2) is 6.07 Å². The molecule has 2 rings (SSSR count). The Hall–Kier alpha value is -1.91. The van der Waals surface area contributed by atoms with Gasteiger partial charge in [0, 0.05) is 13.6 Å². The van der Waals surface area contributed by atoms with E-state index in [4.69, 9.17) is 5.73 Å². The zero-order valence-electron chi connectivity index (χ0n) is 12.6. The number of hydrogen-bond acceptors (Lipinski definition) is 3. The highest BCUT2D eigenvalue weighted by Gasteiger charge is 2.31. The SMILES string of the molecule is CNc1cc2c(c(C(C)(C)C)c1N)CCCN2C(=O)O. The van der Waals surface area contributed by atoms with E-state index in [1.807, 2.05) is 6.07 Å². The van der Waals surface area contributed by atoms with Crippen LogP contribution < -0.4 is 16.0 Å². The van der Waals surface area contributed by atoms with Gasteiger partial charge in [0.25, 0.3) is 0 Å². The Morgan fingerprint density at radius 2 is 2.10 bits per heavy atom. The average Bonchev–Trinajstić information content (AvgIpc) is 2.35. The molecule has 110 valence electrons. The highest BCUT2D eigenvalue weighted by molar-refractivity contribution is 5.92. The summed E-state index contributed by atoms with van der Waals surface area (Å²) in [6.07, 6.45) is 0.804. The number of nitrogens with zero attached hydrogens (tertiary/aromatic N) is 1. The molecule has 0 unspecified atom stereocenters. The second kappa shape index (κ2) is 4.89. The highest BCUT2D eigenvalue weighted by atomic mass is 16.4. The van der Waals surface area contributed by atoms with Gasteiger partial charge in [-0.2, -0.15) is 0 Å². The predicted octanol–water partition coefficient (Wildman–Crippen LogP) is 3.04. The molecule has 0 fully saturated rings. The van der Waals surface area contributed by atoms with Crippen molar-refractivity contribution in [1.82, 2.24) is 0 Å². The fourth-order valence-corrected chi connectivity index (χ4v) is 3.02. The summed E-state index contributed by atoms with van der Waals surface area (Å²) in [5.74, 6) is 0. The summed E-state index contributed by atoms with van der Waals surface area (Å²) in [5.41, 5.74) is 10.6. The maximum absolute atomic E-state index is 11.4. The van der Waals surface area contributed by atoms with Crippen LogP contribution in [-0.4, -0.2) is 24.8 Å². The molecule has 0 saturated carbocycles. The first kappa shape index (κ1) is 14.5. The van der Waals surface area contributed by atoms with E-state index in [1.165, 1.54) is 4.90 Å². The van der Waals surface area contributed by atoms with Gasteiger partial charge >= 0.3 is 6.09 Å². The number of benzene rings is 1. The molecule has 1 amide bonds. The van der Waals surface area contributed by atoms with Crippen molar-refractivity contribution in [1.29, 1.82) is 0 Å². The van der Waals surface area contributed by atoms with Gasteiger partial charge < -0.3 is 16.2 Å². The molecule has 0 radical (unpaired) electrons. The third-order valence-corrected chi connectivity index (χ3v) is 3.80. The zero-order chi connectivity index (χ0) is 15.1. The van der Waals surface area contributed by atoms with Crippen LogP contribution >= 0.6 is 0 Å². The van der Waals surface area contributed by atoms with Crippen molar-refractivity contribution in [2.45, 2.75) is 39.0 Å². The maximum atomic E-state index is 11.4. The van der Waals surface area contributed by atoms with Crippen LogP contribution in [0.25, 0.3) is 0 Å². The minimum Gasteiger partial charge on any atom is -0.465 e. The summed E-state index contributed by atoms with van der Waals surface area (Å²) in [6.45, 7) is 6.87. The highest BCUT2D eigenvalue weighted by Crippen LogP contribution is 2.43. The number of carboxylic acid groups (broad SMARTS) is 1. The van der Waals surface area contributed by atoms with Gasteiger partial charge in [0.05, 0.1) is 17.1 Å². The molecule has 1 aromatic carbocycles. The molecule has 0 spiro atoms. The van der Waals surface area contributed by atoms with Crippen LogP contribution in [0, 0.1) is 0 Å². The normalized spacial score (nSPS) is 14.9. The third-order valence-electron chi connectivity index (χ3n) is 3.80. The number of anilines is 3. The minimum atomic E-state index is -0.905. The number of fused-ring (bicyclic) bond motifs is 1. The maximum Gasteiger partial charge on any atom is 0.411 e. The molecule has 0 aliphatic carbocycles. The molecule has 0 aromatic heterocycles. The number of carbonyl (C=O) groups is 1. The van der Waals surface area contributed by atoms with E-state index in [-0.39, 0.29) is 5.41 Å². The van der Waals surface area contributed by atoms with Gasteiger partial charge in [-0.15, -0.1) is 0 Å². The first-order chi connectivity index (χ1) is 9.27. The van der Waals surface area contributed by atoms with Crippen molar-refractivity contribution < 1.29 is 9.90 Å². The number of nitrogen functional groups attached to an aromatic ring is 1. The van der Waals surface area contributed by atoms with Crippen molar-refractivity contribution in [3.8, 4) is 0 Å². The molecular formula is C15H23N3O2. The number of amides is 1. The van der Waals surface area contributed by atoms with Gasteiger partial charge in [-0.05, 0) is 35.4 Å². The van der Waals surface area contributed by atoms with Crippen LogP contribution in [0.4, 0.5) is 21.9 Å². The van der Waals surface area contributed by atoms with E-state index in [2.05, 4.69) is 26.1 Å². The Kier molecular flexibility index (Phi) is 3.54. The van der Waals surface area contributed by atoms with Crippen LogP contribution in [0.1, 0.15) is 38.3 Å². The van der Waals surface area contributed by atoms with Crippen molar-refractivity contribution >= 4 is 23.2 Å². The van der Waals surface area contributed by atoms with E-state index >= 15 is 0 Å². The topological polar surface area (TPSA) is 78.6 Å². The summed E-state index contributed by atoms with van der Waals surface area (Å²) < 4.78 is 0. The van der Waals surface area contributed by atoms with Crippen molar-refractivity contribution in [2.24, 2.45) is 0 Å². The van der Waals surface area contributed by atoms with Gasteiger partial charge in [-0.25, -0.2) is 4.79 Å². The predicted molar refractivity (Wildman–Crippen MR) is 82.8 cm³/mol. The minimum absolute atomic E-state index is 0.122. The lowest BCUT2D eigenvalue weighted by Crippen LogP contribution is -2.35. The molecule has 5 heteroatoms. The fourth-order valence-electron chi connectivity index (χ4n) is 3.02. The Morgan fingerprint density at radius 3 is 2.60 bits per heavy atom. The van der Waals surface area contributed by atoms with Crippen LogP contribution in [-0.2, 0) is 11.8 Å². The molecule has 1 aliphatic rings. The molecular weight excluding hydrogens is 254 g/mol. The first-order valence-electron chi connectivity index (χ1n) is 6.91. The van der Waals surface area contributed by atoms with Gasteiger partial charge in [-0.3, -0.25) is 4.90 Å². The summed E-state index contributed by atoms with van der Waals surface area (Å²) in [4.78, 5) is 12.9. The summed E-state index contributed by atoms with van der Waals surface area (Å²) in [7, 11) is 1.80. The molecule has 20 heavy (non-hydrogen) atoms. The molecule has 1 aliphatic heterocycles. The van der Waals surface area contributed by atoms with Crippen LogP contribution in [0.2, 0.25) is 0 Å². The Bertz CT molecular complexity index is 547. The average molecular weight is 277 g/mol. The van der Waals surface area contributed by atoms with Gasteiger partial charge in [0.1, 0.15) is 0 Å². The Balaban J connectivity index is 2.75. The fraction of sp³-hybridized carbons (Fsp3) is 0.533. The van der Waals surface area contributed by atoms with E-state index in [0.29, 0.717) is 6.54 Å². The third kappa shape index (κ3) is 2.28. The van der Waals surface area contributed by atoms with Crippen molar-refractivity contribution in [3.05, 3.63) is 17.2 Å². The molecule has 5 nitrogen and oxygen atoms in total. The molecule has 0 atom stereocenters. The molecule has 0 saturated heterocycles. The van der Waals surface area contributed by atoms with Gasteiger partial charge in [-0.1, -0.05) is 20.8 Å². The quantitative estimate of drug-likeness (QED) is 0.689. The van der Waals surface area contributed by atoms with Crippen molar-refractivity contribution in [2.75, 3.05) is 29.5 Å². The van der Waals surface area contributed by atoms with E-state index in [1.54, 1.807) is 7.05 Å². The first-order valence-corrected chi connectivity index (χ1v) is 6.91. The smallest absolute Gasteiger partial charge is 0.411 e. The Morgan fingerprint density at radius 1 is 1.45 bits per heavy atom. The molecule has 1 heterocycles. The largest absolute Gasteiger partial charge is 0.465 e. The van der Waals surface area contributed by atoms with Crippen LogP contribution in [0.5, 0.6) is 0 Å². The monoisotopic (exact) mass is 277 g/mol. The zero-order valence-corrected chi connectivity index (χ0v) is 12.6. The lowest BCUT2D eigenvalue weighted by molar-refractivity contribution is 0.201. The van der Waals surface area contributed by atoms with Crippen LogP contribution in [0.3, 0.4) is 0 Å². The van der Waals surface area contributed by atoms with Gasteiger partial charge in [0.15, 0.2) is 0 Å². The summed E-state index contributed by atoms with van der Waals surface area (Å²) in [5, 5.41) is 12.5. The Labute approximate surface area is 119 Å². The molecule has 0 bridgehead atoms. The number of nitrogens with two attached hydrogens (primary N) is 1. The second-order valence-corrected chi connectivity index (χ2v) is 6.25. The lowest BCUT2D eigenvalue weighted by atomic mass is 9.79. The van der Waals surface area contributed by atoms with E-state index < -0.39 is 6.09 Å². The second-order valence-electron chi connectivity index (χ2n) is 6.25. The van der Waals surface area contributed by atoms with Gasteiger partial charge in [0.2, 0.25) is 0 Å². The number of rotatable bonds is 1. The molecule has 4 N–H and O–H groups in total. The summed E-state index contributed by atoms with van der Waals surface area (Å²) >= 11 is 0. The number of nitrogens with one attached hydrogen (secondary N) is 1.